The Morgan fingerprint density at radius 3 is 2.44 bits per heavy atom. The first-order chi connectivity index (χ1) is 16.5. The van der Waals surface area contributed by atoms with Crippen molar-refractivity contribution in [3.8, 4) is 0 Å². The molecule has 0 fully saturated rings. The summed E-state index contributed by atoms with van der Waals surface area (Å²) < 4.78 is 6.54. The number of pyridine rings is 1. The standard InChI is InChI=1S/C28H38N2O4/c1-3-5-6-7-8-9-10-11-12-14-22-15-13-16-23(19-22)28(33)25-17-18-30(21-26(31)34-4-2)20-24(25)27(32)29-28/h13,15-20H,3-12,14,21H2,1-2H3,(H,29,32). The van der Waals surface area contributed by atoms with Crippen molar-refractivity contribution in [3.63, 3.8) is 0 Å². The third kappa shape index (κ3) is 6.66. The van der Waals surface area contributed by atoms with Crippen molar-refractivity contribution in [1.29, 1.82) is 0 Å². The average Bonchev–Trinajstić information content (AvgIpc) is 3.09. The van der Waals surface area contributed by atoms with Gasteiger partial charge in [0.2, 0.25) is 6.54 Å². The second-order valence-electron chi connectivity index (χ2n) is 9.16. The number of hydrogen-bond acceptors (Lipinski definition) is 4. The smallest absolute Gasteiger partial charge is 0.372 e. The zero-order valence-corrected chi connectivity index (χ0v) is 20.6. The second-order valence-corrected chi connectivity index (χ2v) is 9.16. The van der Waals surface area contributed by atoms with E-state index in [2.05, 4.69) is 12.2 Å². The fourth-order valence-corrected chi connectivity index (χ4v) is 4.59. The maximum Gasteiger partial charge on any atom is 0.372 e. The lowest BCUT2D eigenvalue weighted by molar-refractivity contribution is -0.686. The molecule has 0 spiro atoms. The topological polar surface area (TPSA) is 82.3 Å². The van der Waals surface area contributed by atoms with Crippen LogP contribution in [0.3, 0.4) is 0 Å². The summed E-state index contributed by atoms with van der Waals surface area (Å²) in [5.74, 6) is -0.809. The number of carbonyl (C=O) groups excluding carboxylic acids is 2. The first-order valence-corrected chi connectivity index (χ1v) is 12.8. The van der Waals surface area contributed by atoms with E-state index < -0.39 is 11.6 Å². The molecule has 1 aromatic heterocycles. The number of unbranched alkanes of at least 4 members (excludes halogenated alkanes) is 8. The van der Waals surface area contributed by atoms with Crippen molar-refractivity contribution in [2.75, 3.05) is 6.61 Å². The molecule has 1 N–H and O–H groups in total. The number of aryl methyl sites for hydroxylation is 1. The molecule has 3 rings (SSSR count). The van der Waals surface area contributed by atoms with E-state index in [-0.39, 0.29) is 12.5 Å². The van der Waals surface area contributed by atoms with Gasteiger partial charge in [-0.15, -0.1) is 0 Å². The highest BCUT2D eigenvalue weighted by Gasteiger charge is 2.37. The lowest BCUT2D eigenvalue weighted by Crippen LogP contribution is -2.51. The molecule has 6 heteroatoms. The van der Waals surface area contributed by atoms with Crippen molar-refractivity contribution in [3.05, 3.63) is 65.0 Å². The Morgan fingerprint density at radius 1 is 1.03 bits per heavy atom. The Hall–Kier alpha value is -2.73. The van der Waals surface area contributed by atoms with Crippen molar-refractivity contribution >= 4 is 11.9 Å². The number of nitrogens with one attached hydrogen (secondary N) is 1. The highest BCUT2D eigenvalue weighted by Crippen LogP contribution is 2.32. The van der Waals surface area contributed by atoms with Gasteiger partial charge in [0.25, 0.3) is 5.91 Å². The molecule has 1 amide bonds. The van der Waals surface area contributed by atoms with Crippen LogP contribution < -0.4 is 15.0 Å². The molecule has 0 bridgehead atoms. The van der Waals surface area contributed by atoms with Crippen LogP contribution >= 0.6 is 0 Å². The summed E-state index contributed by atoms with van der Waals surface area (Å²) >= 11 is 0. The minimum absolute atomic E-state index is 0.00547. The molecule has 1 atom stereocenters. The monoisotopic (exact) mass is 466 g/mol. The predicted molar refractivity (Wildman–Crippen MR) is 129 cm³/mol. The van der Waals surface area contributed by atoms with Crippen LogP contribution in [0.25, 0.3) is 0 Å². The minimum atomic E-state index is -1.83. The minimum Gasteiger partial charge on any atom is -0.827 e. The van der Waals surface area contributed by atoms with E-state index >= 15 is 0 Å². The summed E-state index contributed by atoms with van der Waals surface area (Å²) in [5.41, 5.74) is 0.510. The fraction of sp³-hybridized carbons (Fsp3) is 0.536. The van der Waals surface area contributed by atoms with Crippen LogP contribution in [-0.2, 0) is 28.2 Å². The van der Waals surface area contributed by atoms with Gasteiger partial charge in [0, 0.05) is 11.8 Å². The molecule has 2 aromatic rings. The largest absolute Gasteiger partial charge is 0.827 e. The van der Waals surface area contributed by atoms with Crippen LogP contribution in [0.4, 0.5) is 0 Å². The Balaban J connectivity index is 1.60. The van der Waals surface area contributed by atoms with Gasteiger partial charge in [-0.1, -0.05) is 82.6 Å². The van der Waals surface area contributed by atoms with Crippen LogP contribution in [-0.4, -0.2) is 18.5 Å². The van der Waals surface area contributed by atoms with Gasteiger partial charge in [0.05, 0.1) is 6.61 Å². The molecular formula is C28H38N2O4. The first-order valence-electron chi connectivity index (χ1n) is 12.8. The van der Waals surface area contributed by atoms with Crippen LogP contribution in [0.15, 0.2) is 42.7 Å². The fourth-order valence-electron chi connectivity index (χ4n) is 4.59. The molecule has 184 valence electrons. The van der Waals surface area contributed by atoms with E-state index in [0.29, 0.717) is 23.3 Å². The van der Waals surface area contributed by atoms with Gasteiger partial charge in [0.15, 0.2) is 12.4 Å². The zero-order chi connectivity index (χ0) is 24.4. The van der Waals surface area contributed by atoms with Gasteiger partial charge in [-0.2, -0.15) is 4.57 Å². The van der Waals surface area contributed by atoms with Gasteiger partial charge in [-0.25, -0.2) is 4.79 Å². The summed E-state index contributed by atoms with van der Waals surface area (Å²) in [7, 11) is 0. The second kappa shape index (κ2) is 12.7. The van der Waals surface area contributed by atoms with E-state index in [9.17, 15) is 14.7 Å². The summed E-state index contributed by atoms with van der Waals surface area (Å²) in [6.07, 6.45) is 15.6. The number of benzene rings is 1. The molecule has 0 radical (unpaired) electrons. The van der Waals surface area contributed by atoms with E-state index in [1.807, 2.05) is 18.2 Å². The summed E-state index contributed by atoms with van der Waals surface area (Å²) in [6, 6.07) is 9.28. The van der Waals surface area contributed by atoms with Gasteiger partial charge >= 0.3 is 5.97 Å². The lowest BCUT2D eigenvalue weighted by Gasteiger charge is -2.37. The molecule has 1 aliphatic rings. The Bertz CT molecular complexity index is 975. The SMILES string of the molecule is CCCCCCCCCCCc1cccc(C2([O-])NC(=O)c3c[n+](CC(=O)OCC)ccc32)c1. The predicted octanol–water partition coefficient (Wildman–Crippen LogP) is 3.92. The molecule has 0 saturated carbocycles. The Morgan fingerprint density at radius 2 is 1.74 bits per heavy atom. The number of ether oxygens (including phenoxy) is 1. The maximum atomic E-state index is 13.8. The quantitative estimate of drug-likeness (QED) is 0.260. The first kappa shape index (κ1) is 25.9. The number of fused-ring (bicyclic) bond motifs is 1. The van der Waals surface area contributed by atoms with E-state index in [0.717, 1.165) is 18.4 Å². The van der Waals surface area contributed by atoms with Crippen LogP contribution in [0, 0.1) is 0 Å². The number of aromatic nitrogens is 1. The average molecular weight is 467 g/mol. The highest BCUT2D eigenvalue weighted by molar-refractivity contribution is 5.99. The van der Waals surface area contributed by atoms with E-state index in [4.69, 9.17) is 4.74 Å². The molecule has 1 unspecified atom stereocenters. The number of nitrogens with zero attached hydrogens (tertiary/aromatic N) is 1. The van der Waals surface area contributed by atoms with E-state index in [1.165, 1.54) is 51.4 Å². The van der Waals surface area contributed by atoms with Crippen LogP contribution in [0.1, 0.15) is 98.7 Å². The highest BCUT2D eigenvalue weighted by atomic mass is 16.5. The molecule has 1 aliphatic heterocycles. The molecule has 0 aliphatic carbocycles. The van der Waals surface area contributed by atoms with Crippen LogP contribution in [0.5, 0.6) is 0 Å². The van der Waals surface area contributed by atoms with Crippen LogP contribution in [0.2, 0.25) is 0 Å². The maximum absolute atomic E-state index is 13.8. The molecule has 34 heavy (non-hydrogen) atoms. The zero-order valence-electron chi connectivity index (χ0n) is 20.6. The summed E-state index contributed by atoms with van der Waals surface area (Å²) in [4.78, 5) is 24.4. The van der Waals surface area contributed by atoms with Gasteiger partial charge in [0.1, 0.15) is 5.56 Å². The van der Waals surface area contributed by atoms with Crippen molar-refractivity contribution in [2.45, 2.75) is 90.3 Å². The van der Waals surface area contributed by atoms with Crippen molar-refractivity contribution < 1.29 is 24.0 Å². The third-order valence-corrected chi connectivity index (χ3v) is 6.45. The molecule has 0 saturated heterocycles. The molecular weight excluding hydrogens is 428 g/mol. The van der Waals surface area contributed by atoms with Gasteiger partial charge in [-0.05, 0) is 36.5 Å². The Kier molecular flexibility index (Phi) is 9.63. The summed E-state index contributed by atoms with van der Waals surface area (Å²) in [5, 5.41) is 16.4. The lowest BCUT2D eigenvalue weighted by atomic mass is 9.93. The molecule has 2 heterocycles. The number of carbonyl (C=O) groups is 2. The van der Waals surface area contributed by atoms with Crippen molar-refractivity contribution in [2.24, 2.45) is 0 Å². The molecule has 6 nitrogen and oxygen atoms in total. The van der Waals surface area contributed by atoms with E-state index in [1.54, 1.807) is 36.0 Å². The summed E-state index contributed by atoms with van der Waals surface area (Å²) in [6.45, 7) is 4.28. The number of hydrogen-bond donors (Lipinski definition) is 1. The third-order valence-electron chi connectivity index (χ3n) is 6.45. The van der Waals surface area contributed by atoms with Gasteiger partial charge in [-0.3, -0.25) is 4.79 Å². The number of esters is 1. The molecule has 1 aromatic carbocycles. The number of rotatable bonds is 14. The normalized spacial score (nSPS) is 16.9. The van der Waals surface area contributed by atoms with Crippen molar-refractivity contribution in [1.82, 2.24) is 5.32 Å². The Labute approximate surface area is 203 Å². The van der Waals surface area contributed by atoms with Gasteiger partial charge < -0.3 is 15.2 Å². The number of amides is 1.